The molecule has 1 atom stereocenters. The SMILES string of the molecule is CC(CCCO)CCC(C)(C)C. The molecule has 0 aromatic carbocycles. The van der Waals surface area contributed by atoms with Crippen molar-refractivity contribution in [1.29, 1.82) is 0 Å². The molecular weight excluding hydrogens is 148 g/mol. The molecule has 74 valence electrons. The van der Waals surface area contributed by atoms with Crippen molar-refractivity contribution >= 4 is 0 Å². The molecule has 0 aliphatic carbocycles. The van der Waals surface area contributed by atoms with Crippen LogP contribution in [0.4, 0.5) is 0 Å². The highest BCUT2D eigenvalue weighted by atomic mass is 16.2. The van der Waals surface area contributed by atoms with Crippen molar-refractivity contribution in [3.8, 4) is 0 Å². The lowest BCUT2D eigenvalue weighted by Crippen LogP contribution is -2.07. The number of rotatable bonds is 5. The molecule has 0 spiro atoms. The maximum atomic E-state index is 8.64. The molecule has 1 heteroatoms. The standard InChI is InChI=1S/C11H24O/c1-10(6-5-9-12)7-8-11(2,3)4/h10,12H,5-9H2,1-4H3. The highest BCUT2D eigenvalue weighted by molar-refractivity contribution is 4.64. The number of hydrogen-bond acceptors (Lipinski definition) is 1. The van der Waals surface area contributed by atoms with Gasteiger partial charge in [0.1, 0.15) is 0 Å². The minimum atomic E-state index is 0.347. The Kier molecular flexibility index (Phi) is 5.56. The third-order valence-electron chi connectivity index (χ3n) is 2.24. The molecule has 0 saturated heterocycles. The summed E-state index contributed by atoms with van der Waals surface area (Å²) in [5.41, 5.74) is 0.466. The zero-order valence-corrected chi connectivity index (χ0v) is 9.06. The average molecular weight is 172 g/mol. The minimum absolute atomic E-state index is 0.347. The molecule has 0 rings (SSSR count). The van der Waals surface area contributed by atoms with Crippen LogP contribution in [-0.4, -0.2) is 11.7 Å². The van der Waals surface area contributed by atoms with Crippen LogP contribution in [0, 0.1) is 11.3 Å². The summed E-state index contributed by atoms with van der Waals surface area (Å²) in [7, 11) is 0. The molecular formula is C11H24O. The first-order chi connectivity index (χ1) is 5.45. The Morgan fingerprint density at radius 3 is 2.17 bits per heavy atom. The minimum Gasteiger partial charge on any atom is -0.396 e. The molecule has 0 aliphatic heterocycles. The van der Waals surface area contributed by atoms with Crippen LogP contribution in [0.1, 0.15) is 53.4 Å². The van der Waals surface area contributed by atoms with E-state index in [4.69, 9.17) is 5.11 Å². The van der Waals surface area contributed by atoms with Crippen molar-refractivity contribution in [2.75, 3.05) is 6.61 Å². The quantitative estimate of drug-likeness (QED) is 0.675. The van der Waals surface area contributed by atoms with Gasteiger partial charge in [-0.05, 0) is 30.6 Å². The van der Waals surface area contributed by atoms with Gasteiger partial charge in [0.25, 0.3) is 0 Å². The molecule has 0 fully saturated rings. The molecule has 0 aliphatic rings. The van der Waals surface area contributed by atoms with Gasteiger partial charge in [-0.1, -0.05) is 34.1 Å². The highest BCUT2D eigenvalue weighted by Gasteiger charge is 2.11. The van der Waals surface area contributed by atoms with Crippen molar-refractivity contribution in [2.24, 2.45) is 11.3 Å². The van der Waals surface area contributed by atoms with Crippen molar-refractivity contribution in [2.45, 2.75) is 53.4 Å². The summed E-state index contributed by atoms with van der Waals surface area (Å²) in [5.74, 6) is 0.774. The molecule has 0 heterocycles. The first-order valence-corrected chi connectivity index (χ1v) is 5.06. The van der Waals surface area contributed by atoms with E-state index < -0.39 is 0 Å². The average Bonchev–Trinajstić information content (AvgIpc) is 1.95. The summed E-state index contributed by atoms with van der Waals surface area (Å²) in [6.07, 6.45) is 4.72. The lowest BCUT2D eigenvalue weighted by molar-refractivity contribution is 0.262. The Balaban J connectivity index is 3.37. The monoisotopic (exact) mass is 172 g/mol. The topological polar surface area (TPSA) is 20.2 Å². The number of aliphatic hydroxyl groups is 1. The lowest BCUT2D eigenvalue weighted by Gasteiger charge is -2.20. The van der Waals surface area contributed by atoms with E-state index in [9.17, 15) is 0 Å². The van der Waals surface area contributed by atoms with Crippen molar-refractivity contribution in [1.82, 2.24) is 0 Å². The van der Waals surface area contributed by atoms with Crippen molar-refractivity contribution in [3.63, 3.8) is 0 Å². The van der Waals surface area contributed by atoms with Gasteiger partial charge < -0.3 is 5.11 Å². The summed E-state index contributed by atoms with van der Waals surface area (Å²) in [6.45, 7) is 9.48. The van der Waals surface area contributed by atoms with Crippen LogP contribution in [0.25, 0.3) is 0 Å². The molecule has 0 aromatic rings. The molecule has 0 radical (unpaired) electrons. The van der Waals surface area contributed by atoms with E-state index in [2.05, 4.69) is 27.7 Å². The predicted octanol–water partition coefficient (Wildman–Crippen LogP) is 3.22. The second-order valence-electron chi connectivity index (χ2n) is 5.07. The molecule has 1 unspecified atom stereocenters. The Morgan fingerprint density at radius 1 is 1.17 bits per heavy atom. The molecule has 12 heavy (non-hydrogen) atoms. The molecule has 0 amide bonds. The van der Waals surface area contributed by atoms with Gasteiger partial charge in [-0.2, -0.15) is 0 Å². The first-order valence-electron chi connectivity index (χ1n) is 5.06. The van der Waals surface area contributed by atoms with Gasteiger partial charge in [0.2, 0.25) is 0 Å². The summed E-state index contributed by atoms with van der Waals surface area (Å²) >= 11 is 0. The zero-order valence-electron chi connectivity index (χ0n) is 9.06. The van der Waals surface area contributed by atoms with Gasteiger partial charge in [0.05, 0.1) is 0 Å². The molecule has 0 aromatic heterocycles. The third kappa shape index (κ3) is 8.06. The van der Waals surface area contributed by atoms with E-state index in [-0.39, 0.29) is 0 Å². The Labute approximate surface area is 77.2 Å². The summed E-state index contributed by atoms with van der Waals surface area (Å²) < 4.78 is 0. The van der Waals surface area contributed by atoms with E-state index in [1.54, 1.807) is 0 Å². The van der Waals surface area contributed by atoms with E-state index in [0.29, 0.717) is 12.0 Å². The van der Waals surface area contributed by atoms with Gasteiger partial charge in [-0.15, -0.1) is 0 Å². The Morgan fingerprint density at radius 2 is 1.75 bits per heavy atom. The Bertz CT molecular complexity index is 102. The van der Waals surface area contributed by atoms with Gasteiger partial charge in [-0.25, -0.2) is 0 Å². The summed E-state index contributed by atoms with van der Waals surface area (Å²) in [5, 5.41) is 8.64. The second kappa shape index (κ2) is 5.58. The van der Waals surface area contributed by atoms with Gasteiger partial charge >= 0.3 is 0 Å². The van der Waals surface area contributed by atoms with Crippen molar-refractivity contribution in [3.05, 3.63) is 0 Å². The molecule has 1 nitrogen and oxygen atoms in total. The fourth-order valence-corrected chi connectivity index (χ4v) is 1.26. The van der Waals surface area contributed by atoms with E-state index in [1.165, 1.54) is 19.3 Å². The van der Waals surface area contributed by atoms with Crippen LogP contribution >= 0.6 is 0 Å². The smallest absolute Gasteiger partial charge is 0.0431 e. The second-order valence-corrected chi connectivity index (χ2v) is 5.07. The van der Waals surface area contributed by atoms with Crippen LogP contribution in [0.15, 0.2) is 0 Å². The fourth-order valence-electron chi connectivity index (χ4n) is 1.26. The van der Waals surface area contributed by atoms with Crippen LogP contribution in [0.2, 0.25) is 0 Å². The summed E-state index contributed by atoms with van der Waals surface area (Å²) in [4.78, 5) is 0. The van der Waals surface area contributed by atoms with Gasteiger partial charge in [0.15, 0.2) is 0 Å². The maximum Gasteiger partial charge on any atom is 0.0431 e. The van der Waals surface area contributed by atoms with E-state index in [0.717, 1.165) is 12.3 Å². The van der Waals surface area contributed by atoms with E-state index in [1.807, 2.05) is 0 Å². The highest BCUT2D eigenvalue weighted by Crippen LogP contribution is 2.24. The van der Waals surface area contributed by atoms with Gasteiger partial charge in [-0.3, -0.25) is 0 Å². The lowest BCUT2D eigenvalue weighted by atomic mass is 9.86. The molecule has 0 bridgehead atoms. The van der Waals surface area contributed by atoms with Crippen molar-refractivity contribution < 1.29 is 5.11 Å². The predicted molar refractivity (Wildman–Crippen MR) is 54.2 cm³/mol. The molecule has 0 saturated carbocycles. The summed E-state index contributed by atoms with van der Waals surface area (Å²) in [6, 6.07) is 0. The van der Waals surface area contributed by atoms with Crippen LogP contribution < -0.4 is 0 Å². The number of aliphatic hydroxyl groups excluding tert-OH is 1. The molecule has 1 N–H and O–H groups in total. The third-order valence-corrected chi connectivity index (χ3v) is 2.24. The van der Waals surface area contributed by atoms with Crippen LogP contribution in [-0.2, 0) is 0 Å². The van der Waals surface area contributed by atoms with Crippen LogP contribution in [0.3, 0.4) is 0 Å². The maximum absolute atomic E-state index is 8.64. The number of hydrogen-bond donors (Lipinski definition) is 1. The van der Waals surface area contributed by atoms with Gasteiger partial charge in [0, 0.05) is 6.61 Å². The fraction of sp³-hybridized carbons (Fsp3) is 1.00. The first kappa shape index (κ1) is 12.0. The van der Waals surface area contributed by atoms with Crippen LogP contribution in [0.5, 0.6) is 0 Å². The van der Waals surface area contributed by atoms with E-state index >= 15 is 0 Å². The largest absolute Gasteiger partial charge is 0.396 e. The Hall–Kier alpha value is -0.0400. The zero-order chi connectivity index (χ0) is 9.61. The normalized spacial score (nSPS) is 14.8.